The number of hydrogen-bond donors (Lipinski definition) is 0. The lowest BCUT2D eigenvalue weighted by Crippen LogP contribution is -2.49. The highest BCUT2D eigenvalue weighted by Crippen LogP contribution is 2.29. The van der Waals surface area contributed by atoms with Crippen molar-refractivity contribution in [1.29, 1.82) is 0 Å². The first kappa shape index (κ1) is 22.9. The highest BCUT2D eigenvalue weighted by atomic mass is 32.2. The maximum absolute atomic E-state index is 15.0. The normalized spacial score (nSPS) is 18.5. The molecule has 0 spiro atoms. The molecule has 1 aromatic carbocycles. The van der Waals surface area contributed by atoms with Crippen LogP contribution in [-0.2, 0) is 4.74 Å². The Bertz CT molecular complexity index is 1070. The van der Waals surface area contributed by atoms with Gasteiger partial charge in [0, 0.05) is 39.3 Å². The number of carbonyl (C=O) groups excluding carboxylic acids is 3. The van der Waals surface area contributed by atoms with Crippen LogP contribution in [0.3, 0.4) is 0 Å². The molecule has 1 unspecified atom stereocenters. The zero-order chi connectivity index (χ0) is 23.7. The van der Waals surface area contributed by atoms with Crippen molar-refractivity contribution in [3.8, 4) is 0 Å². The number of anilines is 2. The molecule has 1 aromatic heterocycles. The standard InChI is InChI=1S/C21H24FN5O5S/c1-13-10-16(23-32-13)19(28)26-8-6-25(7-9-26)17-5-4-14(11-15(17)22)27-12-18(31-20(27)29)24(2)21(30)33-3/h4-5,10-11,18H,6-9,12H2,1-3H3. The number of aromatic nitrogens is 1. The van der Waals surface area contributed by atoms with E-state index in [-0.39, 0.29) is 23.4 Å². The minimum Gasteiger partial charge on any atom is -0.423 e. The monoisotopic (exact) mass is 477 g/mol. The molecule has 2 aliphatic heterocycles. The third-order valence-corrected chi connectivity index (χ3v) is 6.33. The van der Waals surface area contributed by atoms with Gasteiger partial charge in [-0.1, -0.05) is 16.9 Å². The highest BCUT2D eigenvalue weighted by Gasteiger charge is 2.37. The third-order valence-electron chi connectivity index (χ3n) is 5.69. The predicted octanol–water partition coefficient (Wildman–Crippen LogP) is 2.78. The van der Waals surface area contributed by atoms with Crippen LogP contribution in [-0.4, -0.2) is 84.5 Å². The van der Waals surface area contributed by atoms with Gasteiger partial charge in [0.25, 0.3) is 11.1 Å². The van der Waals surface area contributed by atoms with Gasteiger partial charge in [0.1, 0.15) is 11.6 Å². The summed E-state index contributed by atoms with van der Waals surface area (Å²) in [6.07, 6.45) is 0.273. The van der Waals surface area contributed by atoms with Crippen LogP contribution in [0.15, 0.2) is 28.8 Å². The summed E-state index contributed by atoms with van der Waals surface area (Å²) in [5, 5.41) is 3.53. The van der Waals surface area contributed by atoms with Gasteiger partial charge < -0.3 is 19.1 Å². The van der Waals surface area contributed by atoms with E-state index in [1.165, 1.54) is 15.9 Å². The molecule has 0 radical (unpaired) electrons. The Hall–Kier alpha value is -3.28. The van der Waals surface area contributed by atoms with Crippen molar-refractivity contribution in [3.05, 3.63) is 41.5 Å². The molecule has 0 saturated carbocycles. The van der Waals surface area contributed by atoms with Crippen molar-refractivity contribution in [3.63, 3.8) is 0 Å². The van der Waals surface area contributed by atoms with E-state index in [1.54, 1.807) is 43.3 Å². The van der Waals surface area contributed by atoms with Gasteiger partial charge >= 0.3 is 6.09 Å². The summed E-state index contributed by atoms with van der Waals surface area (Å²) >= 11 is 1.02. The summed E-state index contributed by atoms with van der Waals surface area (Å²) in [6.45, 7) is 3.58. The number of amides is 3. The molecule has 2 saturated heterocycles. The predicted molar refractivity (Wildman–Crippen MR) is 120 cm³/mol. The molecule has 2 fully saturated rings. The number of thioether (sulfide) groups is 1. The Labute approximate surface area is 194 Å². The molecule has 176 valence electrons. The molecule has 33 heavy (non-hydrogen) atoms. The molecule has 2 aliphatic rings. The van der Waals surface area contributed by atoms with Gasteiger partial charge in [-0.05, 0) is 31.4 Å². The summed E-state index contributed by atoms with van der Waals surface area (Å²) in [7, 11) is 1.55. The van der Waals surface area contributed by atoms with E-state index in [9.17, 15) is 18.8 Å². The van der Waals surface area contributed by atoms with Crippen LogP contribution in [0.1, 0.15) is 16.2 Å². The van der Waals surface area contributed by atoms with Crippen LogP contribution in [0.25, 0.3) is 0 Å². The van der Waals surface area contributed by atoms with E-state index in [0.717, 1.165) is 11.8 Å². The van der Waals surface area contributed by atoms with E-state index < -0.39 is 18.1 Å². The second kappa shape index (κ2) is 9.30. The van der Waals surface area contributed by atoms with Gasteiger partial charge in [0.15, 0.2) is 11.9 Å². The minimum absolute atomic E-state index is 0.114. The van der Waals surface area contributed by atoms with E-state index >= 15 is 0 Å². The Kier molecular flexibility index (Phi) is 6.45. The minimum atomic E-state index is -0.737. The Balaban J connectivity index is 1.40. The molecule has 0 N–H and O–H groups in total. The summed E-state index contributed by atoms with van der Waals surface area (Å²) < 4.78 is 25.2. The van der Waals surface area contributed by atoms with Gasteiger partial charge in [-0.15, -0.1) is 0 Å². The molecule has 0 bridgehead atoms. The fourth-order valence-electron chi connectivity index (χ4n) is 3.82. The number of hydrogen-bond acceptors (Lipinski definition) is 8. The maximum atomic E-state index is 15.0. The zero-order valence-corrected chi connectivity index (χ0v) is 19.3. The Morgan fingerprint density at radius 3 is 2.55 bits per heavy atom. The fourth-order valence-corrected chi connectivity index (χ4v) is 4.23. The summed E-state index contributed by atoms with van der Waals surface area (Å²) in [5.74, 6) is -0.131. The largest absolute Gasteiger partial charge is 0.423 e. The lowest BCUT2D eigenvalue weighted by Gasteiger charge is -2.36. The number of ether oxygens (including phenoxy) is 1. The average molecular weight is 478 g/mol. The summed E-state index contributed by atoms with van der Waals surface area (Å²) in [4.78, 5) is 42.8. The van der Waals surface area contributed by atoms with E-state index in [2.05, 4.69) is 5.16 Å². The van der Waals surface area contributed by atoms with Crippen LogP contribution in [0, 0.1) is 12.7 Å². The first-order valence-corrected chi connectivity index (χ1v) is 11.6. The number of piperazine rings is 1. The van der Waals surface area contributed by atoms with E-state index in [4.69, 9.17) is 9.26 Å². The number of cyclic esters (lactones) is 1. The molecule has 0 aliphatic carbocycles. The SMILES string of the molecule is CSC(=O)N(C)C1CN(c2ccc(N3CCN(C(=O)c4cc(C)on4)CC3)c(F)c2)C(=O)O1. The smallest absolute Gasteiger partial charge is 0.416 e. The number of carbonyl (C=O) groups is 3. The highest BCUT2D eigenvalue weighted by molar-refractivity contribution is 8.12. The number of benzene rings is 1. The fraction of sp³-hybridized carbons (Fsp3) is 0.429. The van der Waals surface area contributed by atoms with Crippen LogP contribution in [0.5, 0.6) is 0 Å². The number of aryl methyl sites for hydroxylation is 1. The van der Waals surface area contributed by atoms with Gasteiger partial charge in [-0.25, -0.2) is 9.18 Å². The summed E-state index contributed by atoms with van der Waals surface area (Å²) in [5.41, 5.74) is 1.00. The summed E-state index contributed by atoms with van der Waals surface area (Å²) in [6, 6.07) is 6.13. The molecule has 1 atom stereocenters. The van der Waals surface area contributed by atoms with E-state index in [0.29, 0.717) is 43.3 Å². The molecule has 4 rings (SSSR count). The lowest BCUT2D eigenvalue weighted by molar-refractivity contribution is 0.0668. The topological polar surface area (TPSA) is 99.4 Å². The van der Waals surface area contributed by atoms with Crippen LogP contribution in [0.4, 0.5) is 25.4 Å². The molecule has 12 heteroatoms. The van der Waals surface area contributed by atoms with E-state index in [1.807, 2.05) is 4.90 Å². The van der Waals surface area contributed by atoms with Crippen LogP contribution < -0.4 is 9.80 Å². The number of rotatable bonds is 4. The second-order valence-electron chi connectivity index (χ2n) is 7.77. The van der Waals surface area contributed by atoms with Crippen molar-refractivity contribution in [2.45, 2.75) is 13.2 Å². The maximum Gasteiger partial charge on any atom is 0.416 e. The average Bonchev–Trinajstić information content (AvgIpc) is 3.43. The van der Waals surface area contributed by atoms with Gasteiger partial charge in [-0.3, -0.25) is 19.4 Å². The van der Waals surface area contributed by atoms with Crippen molar-refractivity contribution >= 4 is 40.4 Å². The van der Waals surface area contributed by atoms with Crippen molar-refractivity contribution < 1.29 is 28.0 Å². The van der Waals surface area contributed by atoms with Gasteiger partial charge in [0.05, 0.1) is 17.9 Å². The Morgan fingerprint density at radius 1 is 1.21 bits per heavy atom. The van der Waals surface area contributed by atoms with Crippen molar-refractivity contribution in [1.82, 2.24) is 15.0 Å². The third kappa shape index (κ3) is 4.61. The molecule has 3 amide bonds. The first-order valence-electron chi connectivity index (χ1n) is 10.3. The van der Waals surface area contributed by atoms with Gasteiger partial charge in [0.2, 0.25) is 0 Å². The lowest BCUT2D eigenvalue weighted by atomic mass is 10.2. The van der Waals surface area contributed by atoms with Crippen LogP contribution in [0.2, 0.25) is 0 Å². The Morgan fingerprint density at radius 2 is 1.94 bits per heavy atom. The number of nitrogens with zero attached hydrogens (tertiary/aromatic N) is 5. The van der Waals surface area contributed by atoms with Crippen molar-refractivity contribution in [2.24, 2.45) is 0 Å². The zero-order valence-electron chi connectivity index (χ0n) is 18.5. The molecular formula is C21H24FN5O5S. The molecular weight excluding hydrogens is 453 g/mol. The first-order chi connectivity index (χ1) is 15.8. The second-order valence-corrected chi connectivity index (χ2v) is 8.53. The van der Waals surface area contributed by atoms with Crippen molar-refractivity contribution in [2.75, 3.05) is 55.8 Å². The quantitative estimate of drug-likeness (QED) is 0.663. The number of likely N-dealkylation sites (N-methyl/N-ethyl adjacent to an activating group) is 1. The molecule has 3 heterocycles. The molecule has 10 nitrogen and oxygen atoms in total. The van der Waals surface area contributed by atoms with Gasteiger partial charge in [-0.2, -0.15) is 0 Å². The number of halogens is 1. The van der Waals surface area contributed by atoms with Crippen LogP contribution >= 0.6 is 11.8 Å². The molecule has 2 aromatic rings.